The van der Waals surface area contributed by atoms with Crippen molar-refractivity contribution in [2.45, 2.75) is 38.9 Å². The summed E-state index contributed by atoms with van der Waals surface area (Å²) >= 11 is 0. The Bertz CT molecular complexity index is 885. The molecule has 130 valence electrons. The monoisotopic (exact) mass is 337 g/mol. The molecular formula is C19H23N5O. The summed E-state index contributed by atoms with van der Waals surface area (Å²) in [7, 11) is 0. The third kappa shape index (κ3) is 3.09. The maximum atomic E-state index is 6.22. The fraction of sp³-hybridized carbons (Fsp3) is 0.421. The van der Waals surface area contributed by atoms with E-state index in [0.29, 0.717) is 5.78 Å². The lowest BCUT2D eigenvalue weighted by molar-refractivity contribution is -0.133. The van der Waals surface area contributed by atoms with Crippen LogP contribution in [0.5, 0.6) is 0 Å². The lowest BCUT2D eigenvalue weighted by Crippen LogP contribution is -2.57. The molecule has 1 aliphatic heterocycles. The van der Waals surface area contributed by atoms with Gasteiger partial charge in [-0.15, -0.1) is 0 Å². The third-order valence-electron chi connectivity index (χ3n) is 4.32. The first-order chi connectivity index (χ1) is 11.8. The Labute approximate surface area is 147 Å². The molecule has 0 unspecified atom stereocenters. The molecule has 0 N–H and O–H groups in total. The van der Waals surface area contributed by atoms with E-state index in [9.17, 15) is 0 Å². The molecular weight excluding hydrogens is 314 g/mol. The molecule has 0 radical (unpaired) electrons. The number of aromatic nitrogens is 4. The highest BCUT2D eigenvalue weighted by Crippen LogP contribution is 2.32. The van der Waals surface area contributed by atoms with Gasteiger partial charge in [0.15, 0.2) is 0 Å². The van der Waals surface area contributed by atoms with Crippen molar-refractivity contribution in [1.29, 1.82) is 0 Å². The Kier molecular flexibility index (Phi) is 3.54. The topological polar surface area (TPSA) is 55.6 Å². The van der Waals surface area contributed by atoms with Crippen LogP contribution in [0.1, 0.15) is 27.7 Å². The molecule has 1 aliphatic rings. The third-order valence-corrected chi connectivity index (χ3v) is 4.32. The average Bonchev–Trinajstić information content (AvgIpc) is 3.00. The SMILES string of the molecule is CC1(C)CN(c2cc(-c3ccccc3)nc3ncnn23)CC(C)(C)O1. The first-order valence-corrected chi connectivity index (χ1v) is 8.54. The summed E-state index contributed by atoms with van der Waals surface area (Å²) in [4.78, 5) is 11.3. The number of morpholine rings is 1. The summed E-state index contributed by atoms with van der Waals surface area (Å²) in [5.41, 5.74) is 1.48. The van der Waals surface area contributed by atoms with Crippen LogP contribution in [0.15, 0.2) is 42.7 Å². The van der Waals surface area contributed by atoms with E-state index in [1.165, 1.54) is 0 Å². The largest absolute Gasteiger partial charge is 0.366 e. The van der Waals surface area contributed by atoms with Gasteiger partial charge in [-0.25, -0.2) is 4.98 Å². The van der Waals surface area contributed by atoms with Crippen LogP contribution >= 0.6 is 0 Å². The Morgan fingerprint density at radius 3 is 2.36 bits per heavy atom. The molecule has 0 spiro atoms. The number of hydrogen-bond acceptors (Lipinski definition) is 5. The molecule has 0 aliphatic carbocycles. The molecule has 6 nitrogen and oxygen atoms in total. The molecule has 0 amide bonds. The zero-order valence-corrected chi connectivity index (χ0v) is 15.1. The average molecular weight is 337 g/mol. The van der Waals surface area contributed by atoms with Crippen molar-refractivity contribution in [1.82, 2.24) is 19.6 Å². The number of benzene rings is 1. The second-order valence-electron chi connectivity index (χ2n) is 7.81. The Morgan fingerprint density at radius 1 is 1.00 bits per heavy atom. The molecule has 4 rings (SSSR count). The number of nitrogens with zero attached hydrogens (tertiary/aromatic N) is 5. The Balaban J connectivity index is 1.85. The van der Waals surface area contributed by atoms with Crippen molar-refractivity contribution in [3.63, 3.8) is 0 Å². The van der Waals surface area contributed by atoms with Crippen molar-refractivity contribution >= 4 is 11.6 Å². The van der Waals surface area contributed by atoms with Crippen molar-refractivity contribution in [3.05, 3.63) is 42.7 Å². The van der Waals surface area contributed by atoms with Crippen molar-refractivity contribution in [2.24, 2.45) is 0 Å². The van der Waals surface area contributed by atoms with Gasteiger partial charge in [0.05, 0.1) is 16.9 Å². The molecule has 6 heteroatoms. The van der Waals surface area contributed by atoms with E-state index in [1.807, 2.05) is 22.7 Å². The highest BCUT2D eigenvalue weighted by molar-refractivity contribution is 5.65. The summed E-state index contributed by atoms with van der Waals surface area (Å²) < 4.78 is 8.03. The first-order valence-electron chi connectivity index (χ1n) is 8.54. The predicted octanol–water partition coefficient (Wildman–Crippen LogP) is 3.19. The molecule has 0 atom stereocenters. The van der Waals surface area contributed by atoms with E-state index in [2.05, 4.69) is 65.9 Å². The highest BCUT2D eigenvalue weighted by Gasteiger charge is 2.39. The number of hydrogen-bond donors (Lipinski definition) is 0. The van der Waals surface area contributed by atoms with E-state index in [1.54, 1.807) is 6.33 Å². The molecule has 1 saturated heterocycles. The lowest BCUT2D eigenvalue weighted by atomic mass is 9.99. The number of rotatable bonds is 2. The van der Waals surface area contributed by atoms with Gasteiger partial charge < -0.3 is 9.64 Å². The van der Waals surface area contributed by atoms with Gasteiger partial charge in [-0.3, -0.25) is 0 Å². The zero-order valence-electron chi connectivity index (χ0n) is 15.1. The fourth-order valence-corrected chi connectivity index (χ4v) is 3.73. The van der Waals surface area contributed by atoms with Crippen LogP contribution in [-0.2, 0) is 4.74 Å². The van der Waals surface area contributed by atoms with Gasteiger partial charge in [-0.05, 0) is 27.7 Å². The second kappa shape index (κ2) is 5.52. The smallest absolute Gasteiger partial charge is 0.254 e. The Hall–Kier alpha value is -2.47. The normalized spacial score (nSPS) is 19.3. The van der Waals surface area contributed by atoms with Crippen LogP contribution in [0, 0.1) is 0 Å². The van der Waals surface area contributed by atoms with E-state index >= 15 is 0 Å². The van der Waals surface area contributed by atoms with Gasteiger partial charge in [-0.2, -0.15) is 14.6 Å². The van der Waals surface area contributed by atoms with Crippen molar-refractivity contribution < 1.29 is 4.74 Å². The summed E-state index contributed by atoms with van der Waals surface area (Å²) in [6.07, 6.45) is 1.55. The van der Waals surface area contributed by atoms with Crippen LogP contribution in [0.25, 0.3) is 17.0 Å². The zero-order chi connectivity index (χ0) is 17.7. The summed E-state index contributed by atoms with van der Waals surface area (Å²) in [5, 5.41) is 4.38. The molecule has 3 heterocycles. The number of fused-ring (bicyclic) bond motifs is 1. The lowest BCUT2D eigenvalue weighted by Gasteiger charge is -2.47. The molecule has 2 aromatic heterocycles. The van der Waals surface area contributed by atoms with Crippen molar-refractivity contribution in [2.75, 3.05) is 18.0 Å². The second-order valence-corrected chi connectivity index (χ2v) is 7.81. The molecule has 0 saturated carbocycles. The first kappa shape index (κ1) is 16.0. The summed E-state index contributed by atoms with van der Waals surface area (Å²) in [6, 6.07) is 12.3. The molecule has 1 fully saturated rings. The molecule has 3 aromatic rings. The van der Waals surface area contributed by atoms with Crippen LogP contribution in [-0.4, -0.2) is 43.9 Å². The van der Waals surface area contributed by atoms with Gasteiger partial charge in [0.25, 0.3) is 5.78 Å². The predicted molar refractivity (Wildman–Crippen MR) is 97.7 cm³/mol. The minimum absolute atomic E-state index is 0.245. The Morgan fingerprint density at radius 2 is 1.68 bits per heavy atom. The number of anilines is 1. The highest BCUT2D eigenvalue weighted by atomic mass is 16.5. The molecule has 25 heavy (non-hydrogen) atoms. The van der Waals surface area contributed by atoms with Crippen molar-refractivity contribution in [3.8, 4) is 11.3 Å². The van der Waals surface area contributed by atoms with Crippen LogP contribution < -0.4 is 4.90 Å². The van der Waals surface area contributed by atoms with Gasteiger partial charge in [-0.1, -0.05) is 30.3 Å². The fourth-order valence-electron chi connectivity index (χ4n) is 3.73. The minimum Gasteiger partial charge on any atom is -0.366 e. The van der Waals surface area contributed by atoms with E-state index < -0.39 is 0 Å². The molecule has 0 bridgehead atoms. The van der Waals surface area contributed by atoms with Gasteiger partial charge in [0.2, 0.25) is 0 Å². The molecule has 1 aromatic carbocycles. The standard InChI is InChI=1S/C19H23N5O/c1-18(2)11-23(12-19(3,4)25-18)16-10-15(14-8-6-5-7-9-14)22-17-20-13-21-24(16)17/h5-10,13H,11-12H2,1-4H3. The van der Waals surface area contributed by atoms with Crippen LogP contribution in [0.4, 0.5) is 5.82 Å². The maximum Gasteiger partial charge on any atom is 0.254 e. The van der Waals surface area contributed by atoms with E-state index in [-0.39, 0.29) is 11.2 Å². The van der Waals surface area contributed by atoms with E-state index in [4.69, 9.17) is 4.74 Å². The number of ether oxygens (including phenoxy) is 1. The van der Waals surface area contributed by atoms with Gasteiger partial charge >= 0.3 is 0 Å². The minimum atomic E-state index is -0.245. The summed E-state index contributed by atoms with van der Waals surface area (Å²) in [6.45, 7) is 10.1. The van der Waals surface area contributed by atoms with Gasteiger partial charge in [0.1, 0.15) is 12.1 Å². The maximum absolute atomic E-state index is 6.22. The summed E-state index contributed by atoms with van der Waals surface area (Å²) in [5.74, 6) is 1.60. The van der Waals surface area contributed by atoms with E-state index in [0.717, 1.165) is 30.2 Å². The van der Waals surface area contributed by atoms with Crippen LogP contribution in [0.3, 0.4) is 0 Å². The quantitative estimate of drug-likeness (QED) is 0.719. The van der Waals surface area contributed by atoms with Crippen LogP contribution in [0.2, 0.25) is 0 Å². The van der Waals surface area contributed by atoms with Gasteiger partial charge in [0, 0.05) is 24.7 Å².